The zero-order chi connectivity index (χ0) is 23.8. The molecule has 0 radical (unpaired) electrons. The standard InChI is InChI=1S/C21H33FN2O8/c1-4-6-10-29-13-20(12-22)17(30-11-7-5-2)21(28,14-31-15(3)25)18(32-20)24-9-8-16(26)23-19(24)27/h8-9,17-18,28H,4-7,10-14H2,1-3H3,(H,23,26,27)/t17-,18-,20-,21+/m1/s1. The molecule has 1 aromatic heterocycles. The van der Waals surface area contributed by atoms with Gasteiger partial charge in [0.25, 0.3) is 5.56 Å². The molecule has 182 valence electrons. The monoisotopic (exact) mass is 460 g/mol. The average Bonchev–Trinajstić information content (AvgIpc) is 2.99. The number of carbonyl (C=O) groups excluding carboxylic acids is 1. The van der Waals surface area contributed by atoms with Gasteiger partial charge in [0.1, 0.15) is 19.4 Å². The minimum Gasteiger partial charge on any atom is -0.463 e. The normalized spacial score (nSPS) is 27.5. The number of unbranched alkanes of at least 4 members (excludes halogenated alkanes) is 2. The summed E-state index contributed by atoms with van der Waals surface area (Å²) < 4.78 is 38.0. The third-order valence-corrected chi connectivity index (χ3v) is 5.31. The number of rotatable bonds is 13. The zero-order valence-electron chi connectivity index (χ0n) is 18.8. The zero-order valence-corrected chi connectivity index (χ0v) is 18.8. The molecule has 11 heteroatoms. The Morgan fingerprint density at radius 1 is 1.25 bits per heavy atom. The lowest BCUT2D eigenvalue weighted by Crippen LogP contribution is -2.58. The largest absolute Gasteiger partial charge is 0.463 e. The molecule has 0 unspecified atom stereocenters. The maximum atomic E-state index is 14.6. The van der Waals surface area contributed by atoms with Crippen LogP contribution in [0.2, 0.25) is 0 Å². The van der Waals surface area contributed by atoms with Crippen molar-refractivity contribution < 1.29 is 33.2 Å². The summed E-state index contributed by atoms with van der Waals surface area (Å²) in [4.78, 5) is 37.6. The van der Waals surface area contributed by atoms with Crippen molar-refractivity contribution in [3.63, 3.8) is 0 Å². The topological polar surface area (TPSA) is 129 Å². The summed E-state index contributed by atoms with van der Waals surface area (Å²) in [6, 6.07) is 1.07. The number of halogens is 1. The second kappa shape index (κ2) is 11.7. The Kier molecular flexibility index (Phi) is 9.56. The van der Waals surface area contributed by atoms with Gasteiger partial charge in [-0.05, 0) is 12.8 Å². The Morgan fingerprint density at radius 2 is 1.94 bits per heavy atom. The SMILES string of the molecule is CCCCOC[C@@]1(CF)O[C@@H](n2ccc(=O)[nH]c2=O)[C@](O)(COC(C)=O)[C@@H]1OCCCC. The predicted octanol–water partition coefficient (Wildman–Crippen LogP) is 1.07. The maximum absolute atomic E-state index is 14.6. The fourth-order valence-corrected chi connectivity index (χ4v) is 3.63. The summed E-state index contributed by atoms with van der Waals surface area (Å²) in [5, 5.41) is 11.7. The molecule has 1 aliphatic heterocycles. The van der Waals surface area contributed by atoms with Crippen molar-refractivity contribution in [2.24, 2.45) is 0 Å². The highest BCUT2D eigenvalue weighted by atomic mass is 19.1. The van der Waals surface area contributed by atoms with Crippen molar-refractivity contribution in [3.8, 4) is 0 Å². The van der Waals surface area contributed by atoms with Gasteiger partial charge in [-0.3, -0.25) is 19.1 Å². The molecule has 2 N–H and O–H groups in total. The molecule has 1 aliphatic rings. The third kappa shape index (κ3) is 5.83. The lowest BCUT2D eigenvalue weighted by molar-refractivity contribution is -0.174. The summed E-state index contributed by atoms with van der Waals surface area (Å²) in [5.41, 5.74) is -5.43. The fraction of sp³-hybridized carbons (Fsp3) is 0.762. The van der Waals surface area contributed by atoms with E-state index in [-0.39, 0.29) is 13.2 Å². The number of H-pyrrole nitrogens is 1. The molecule has 0 saturated carbocycles. The van der Waals surface area contributed by atoms with Crippen LogP contribution in [0.25, 0.3) is 0 Å². The molecule has 0 aromatic carbocycles. The first kappa shape index (κ1) is 26.2. The van der Waals surface area contributed by atoms with Crippen LogP contribution in [-0.4, -0.2) is 71.0 Å². The van der Waals surface area contributed by atoms with Crippen LogP contribution >= 0.6 is 0 Å². The third-order valence-electron chi connectivity index (χ3n) is 5.31. The molecule has 0 spiro atoms. The van der Waals surface area contributed by atoms with Gasteiger partial charge in [0.05, 0.1) is 6.61 Å². The molecule has 2 heterocycles. The van der Waals surface area contributed by atoms with Crippen LogP contribution < -0.4 is 11.2 Å². The van der Waals surface area contributed by atoms with Gasteiger partial charge < -0.3 is 24.1 Å². The van der Waals surface area contributed by atoms with E-state index in [1.54, 1.807) is 0 Å². The van der Waals surface area contributed by atoms with Gasteiger partial charge in [0.2, 0.25) is 0 Å². The van der Waals surface area contributed by atoms with Gasteiger partial charge in [0.15, 0.2) is 17.4 Å². The van der Waals surface area contributed by atoms with Crippen molar-refractivity contribution >= 4 is 5.97 Å². The molecule has 1 saturated heterocycles. The number of carbonyl (C=O) groups is 1. The first-order valence-corrected chi connectivity index (χ1v) is 10.8. The first-order chi connectivity index (χ1) is 15.2. The fourth-order valence-electron chi connectivity index (χ4n) is 3.63. The highest BCUT2D eigenvalue weighted by molar-refractivity contribution is 5.66. The van der Waals surface area contributed by atoms with E-state index in [0.717, 1.165) is 43.0 Å². The quantitative estimate of drug-likeness (QED) is 0.330. The Balaban J connectivity index is 2.53. The van der Waals surface area contributed by atoms with E-state index in [4.69, 9.17) is 18.9 Å². The minimum absolute atomic E-state index is 0.177. The van der Waals surface area contributed by atoms with E-state index >= 15 is 0 Å². The summed E-state index contributed by atoms with van der Waals surface area (Å²) in [6.07, 6.45) is 1.31. The van der Waals surface area contributed by atoms with Gasteiger partial charge in [-0.15, -0.1) is 0 Å². The minimum atomic E-state index is -2.14. The molecule has 4 atom stereocenters. The highest BCUT2D eigenvalue weighted by Crippen LogP contribution is 2.46. The lowest BCUT2D eigenvalue weighted by Gasteiger charge is -2.36. The van der Waals surface area contributed by atoms with E-state index in [0.29, 0.717) is 13.0 Å². The number of nitrogens with zero attached hydrogens (tertiary/aromatic N) is 1. The van der Waals surface area contributed by atoms with Crippen LogP contribution in [0, 0.1) is 0 Å². The summed E-state index contributed by atoms with van der Waals surface area (Å²) in [7, 11) is 0. The maximum Gasteiger partial charge on any atom is 0.330 e. The smallest absolute Gasteiger partial charge is 0.330 e. The molecule has 32 heavy (non-hydrogen) atoms. The van der Waals surface area contributed by atoms with Crippen molar-refractivity contribution in [1.29, 1.82) is 0 Å². The Hall–Kier alpha value is -2.08. The van der Waals surface area contributed by atoms with E-state index in [1.165, 1.54) is 0 Å². The number of hydrogen-bond donors (Lipinski definition) is 2. The van der Waals surface area contributed by atoms with Crippen molar-refractivity contribution in [3.05, 3.63) is 33.1 Å². The van der Waals surface area contributed by atoms with Gasteiger partial charge >= 0.3 is 11.7 Å². The summed E-state index contributed by atoms with van der Waals surface area (Å²) in [5.74, 6) is -0.685. The van der Waals surface area contributed by atoms with E-state index < -0.39 is 54.0 Å². The number of aromatic nitrogens is 2. The molecule has 1 fully saturated rings. The lowest BCUT2D eigenvalue weighted by atomic mass is 9.87. The highest BCUT2D eigenvalue weighted by Gasteiger charge is 2.66. The first-order valence-electron chi connectivity index (χ1n) is 10.8. The van der Waals surface area contributed by atoms with E-state index in [2.05, 4.69) is 4.98 Å². The van der Waals surface area contributed by atoms with E-state index in [9.17, 15) is 23.9 Å². The van der Waals surface area contributed by atoms with Crippen LogP contribution in [-0.2, 0) is 23.7 Å². The molecule has 1 aromatic rings. The second-order valence-corrected chi connectivity index (χ2v) is 7.97. The van der Waals surface area contributed by atoms with Crippen LogP contribution in [0.15, 0.2) is 21.9 Å². The predicted molar refractivity (Wildman–Crippen MR) is 112 cm³/mol. The van der Waals surface area contributed by atoms with Crippen LogP contribution in [0.1, 0.15) is 52.7 Å². The van der Waals surface area contributed by atoms with Gasteiger partial charge in [0, 0.05) is 32.4 Å². The molecular weight excluding hydrogens is 427 g/mol. The van der Waals surface area contributed by atoms with Gasteiger partial charge in [-0.1, -0.05) is 26.7 Å². The van der Waals surface area contributed by atoms with Crippen LogP contribution in [0.4, 0.5) is 4.39 Å². The number of hydrogen-bond acceptors (Lipinski definition) is 8. The number of nitrogens with one attached hydrogen (secondary N) is 1. The van der Waals surface area contributed by atoms with Crippen molar-refractivity contribution in [2.45, 2.75) is 70.0 Å². The summed E-state index contributed by atoms with van der Waals surface area (Å²) >= 11 is 0. The molecule has 0 amide bonds. The Labute approximate surface area is 185 Å². The number of esters is 1. The van der Waals surface area contributed by atoms with E-state index in [1.807, 2.05) is 13.8 Å². The van der Waals surface area contributed by atoms with Gasteiger partial charge in [-0.2, -0.15) is 0 Å². The molecule has 0 bridgehead atoms. The number of ether oxygens (including phenoxy) is 4. The molecule has 10 nitrogen and oxygen atoms in total. The van der Waals surface area contributed by atoms with Gasteiger partial charge in [-0.25, -0.2) is 9.18 Å². The Morgan fingerprint density at radius 3 is 2.53 bits per heavy atom. The number of alkyl halides is 1. The van der Waals surface area contributed by atoms with Crippen molar-refractivity contribution in [1.82, 2.24) is 9.55 Å². The average molecular weight is 460 g/mol. The summed E-state index contributed by atoms with van der Waals surface area (Å²) in [6.45, 7) is 3.64. The number of aliphatic hydroxyl groups is 1. The van der Waals surface area contributed by atoms with Crippen molar-refractivity contribution in [2.75, 3.05) is 33.1 Å². The van der Waals surface area contributed by atoms with Crippen LogP contribution in [0.3, 0.4) is 0 Å². The number of aromatic amines is 1. The molecule has 2 rings (SSSR count). The second-order valence-electron chi connectivity index (χ2n) is 7.97. The Bertz CT molecular complexity index is 859. The van der Waals surface area contributed by atoms with Crippen LogP contribution in [0.5, 0.6) is 0 Å². The molecular formula is C21H33FN2O8. The molecule has 0 aliphatic carbocycles.